The minimum atomic E-state index is -0.351. The first kappa shape index (κ1) is 6.75. The third-order valence-corrected chi connectivity index (χ3v) is 1.96. The molecule has 1 fully saturated rings. The Bertz CT molecular complexity index is 101. The van der Waals surface area contributed by atoms with Crippen LogP contribution in [0.2, 0.25) is 0 Å². The van der Waals surface area contributed by atoms with Crippen molar-refractivity contribution in [3.05, 3.63) is 0 Å². The maximum atomic E-state index is 10.2. The number of aliphatic hydroxyl groups excluding tert-OH is 1. The van der Waals surface area contributed by atoms with Gasteiger partial charge in [0.25, 0.3) is 0 Å². The van der Waals surface area contributed by atoms with Gasteiger partial charge in [-0.15, -0.1) is 0 Å². The minimum Gasteiger partial charge on any atom is -0.392 e. The Morgan fingerprint density at radius 3 is 2.44 bits per heavy atom. The van der Waals surface area contributed by atoms with Crippen molar-refractivity contribution in [1.82, 2.24) is 0 Å². The zero-order chi connectivity index (χ0) is 6.69. The monoisotopic (exact) mass is 128 g/mol. The van der Waals surface area contributed by atoms with Crippen molar-refractivity contribution < 1.29 is 9.90 Å². The Morgan fingerprint density at radius 2 is 2.00 bits per heavy atom. The lowest BCUT2D eigenvalue weighted by Crippen LogP contribution is -2.25. The van der Waals surface area contributed by atoms with Gasteiger partial charge in [-0.3, -0.25) is 0 Å². The second-order valence-corrected chi connectivity index (χ2v) is 2.65. The Kier molecular flexibility index (Phi) is 2.22. The van der Waals surface area contributed by atoms with Gasteiger partial charge in [0.1, 0.15) is 6.29 Å². The second-order valence-electron chi connectivity index (χ2n) is 2.65. The molecule has 2 nitrogen and oxygen atoms in total. The first-order chi connectivity index (χ1) is 4.34. The number of rotatable bonds is 1. The molecule has 0 spiro atoms. The number of aliphatic hydroxyl groups is 1. The molecule has 1 rings (SSSR count). The molecule has 2 heteroatoms. The van der Waals surface area contributed by atoms with Crippen LogP contribution in [0.3, 0.4) is 0 Å². The molecule has 1 aliphatic carbocycles. The van der Waals surface area contributed by atoms with Crippen LogP contribution in [-0.4, -0.2) is 17.5 Å². The van der Waals surface area contributed by atoms with Crippen molar-refractivity contribution in [2.24, 2.45) is 5.92 Å². The molecule has 0 aromatic heterocycles. The van der Waals surface area contributed by atoms with Crippen LogP contribution >= 0.6 is 0 Å². The highest BCUT2D eigenvalue weighted by Gasteiger charge is 2.21. The van der Waals surface area contributed by atoms with Gasteiger partial charge in [-0.2, -0.15) is 0 Å². The summed E-state index contributed by atoms with van der Waals surface area (Å²) in [5.74, 6) is -0.0706. The fraction of sp³-hybridized carbons (Fsp3) is 0.857. The summed E-state index contributed by atoms with van der Waals surface area (Å²) in [4.78, 5) is 10.2. The van der Waals surface area contributed by atoms with Crippen LogP contribution in [0.4, 0.5) is 0 Å². The van der Waals surface area contributed by atoms with Crippen molar-refractivity contribution in [3.63, 3.8) is 0 Å². The van der Waals surface area contributed by atoms with Gasteiger partial charge < -0.3 is 9.90 Å². The number of carbonyl (C=O) groups excluding carboxylic acids is 1. The van der Waals surface area contributed by atoms with E-state index in [1.165, 1.54) is 0 Å². The van der Waals surface area contributed by atoms with Crippen LogP contribution in [0.1, 0.15) is 25.7 Å². The van der Waals surface area contributed by atoms with E-state index in [0.717, 1.165) is 32.0 Å². The fourth-order valence-corrected chi connectivity index (χ4v) is 1.30. The molecule has 0 heterocycles. The van der Waals surface area contributed by atoms with E-state index in [-0.39, 0.29) is 12.0 Å². The lowest BCUT2D eigenvalue weighted by Gasteiger charge is -2.22. The highest BCUT2D eigenvalue weighted by molar-refractivity contribution is 5.54. The number of hydrogen-bond acceptors (Lipinski definition) is 2. The van der Waals surface area contributed by atoms with Gasteiger partial charge >= 0.3 is 0 Å². The lowest BCUT2D eigenvalue weighted by molar-refractivity contribution is -0.115. The van der Waals surface area contributed by atoms with Crippen LogP contribution in [0.5, 0.6) is 0 Å². The quantitative estimate of drug-likeness (QED) is 0.529. The maximum Gasteiger partial charge on any atom is 0.125 e. The summed E-state index contributed by atoms with van der Waals surface area (Å²) in [5.41, 5.74) is 0. The zero-order valence-electron chi connectivity index (χ0n) is 5.42. The summed E-state index contributed by atoms with van der Waals surface area (Å²) < 4.78 is 0. The van der Waals surface area contributed by atoms with Gasteiger partial charge in [0.05, 0.1) is 6.10 Å². The van der Waals surface area contributed by atoms with E-state index in [1.54, 1.807) is 0 Å². The summed E-state index contributed by atoms with van der Waals surface area (Å²) in [5, 5.41) is 9.14. The average Bonchev–Trinajstić information content (AvgIpc) is 1.89. The van der Waals surface area contributed by atoms with Gasteiger partial charge in [-0.1, -0.05) is 12.8 Å². The molecule has 0 amide bonds. The normalized spacial score (nSPS) is 36.1. The molecule has 0 saturated heterocycles. The molecule has 9 heavy (non-hydrogen) atoms. The van der Waals surface area contributed by atoms with Crippen LogP contribution in [-0.2, 0) is 4.79 Å². The smallest absolute Gasteiger partial charge is 0.125 e. The van der Waals surface area contributed by atoms with E-state index >= 15 is 0 Å². The van der Waals surface area contributed by atoms with Gasteiger partial charge in [0.2, 0.25) is 0 Å². The lowest BCUT2D eigenvalue weighted by atomic mass is 9.88. The first-order valence-corrected chi connectivity index (χ1v) is 3.48. The van der Waals surface area contributed by atoms with Crippen molar-refractivity contribution in [2.45, 2.75) is 31.8 Å². The highest BCUT2D eigenvalue weighted by Crippen LogP contribution is 2.21. The Hall–Kier alpha value is -0.370. The molecule has 0 aromatic rings. The van der Waals surface area contributed by atoms with E-state index in [2.05, 4.69) is 0 Å². The molecule has 1 saturated carbocycles. The van der Waals surface area contributed by atoms with Crippen LogP contribution < -0.4 is 0 Å². The van der Waals surface area contributed by atoms with Gasteiger partial charge in [-0.25, -0.2) is 0 Å². The topological polar surface area (TPSA) is 37.3 Å². The van der Waals surface area contributed by atoms with Crippen LogP contribution in [0.25, 0.3) is 0 Å². The Labute approximate surface area is 54.9 Å². The first-order valence-electron chi connectivity index (χ1n) is 3.48. The summed E-state index contributed by atoms with van der Waals surface area (Å²) in [6, 6.07) is 0. The fourth-order valence-electron chi connectivity index (χ4n) is 1.30. The number of aldehydes is 1. The summed E-state index contributed by atoms with van der Waals surface area (Å²) in [7, 11) is 0. The van der Waals surface area contributed by atoms with E-state index in [1.807, 2.05) is 0 Å². The molecule has 1 aliphatic rings. The van der Waals surface area contributed by atoms with E-state index in [0.29, 0.717) is 0 Å². The highest BCUT2D eigenvalue weighted by atomic mass is 16.3. The minimum absolute atomic E-state index is 0.0706. The number of carbonyl (C=O) groups is 1. The molecule has 0 radical (unpaired) electrons. The van der Waals surface area contributed by atoms with Gasteiger partial charge in [0.15, 0.2) is 0 Å². The predicted molar refractivity (Wildman–Crippen MR) is 34.0 cm³/mol. The summed E-state index contributed by atoms with van der Waals surface area (Å²) in [6.45, 7) is 0. The SMILES string of the molecule is O=CC1CCCCC1O. The van der Waals surface area contributed by atoms with Crippen LogP contribution in [0.15, 0.2) is 0 Å². The average molecular weight is 128 g/mol. The summed E-state index contributed by atoms with van der Waals surface area (Å²) >= 11 is 0. The van der Waals surface area contributed by atoms with E-state index in [4.69, 9.17) is 5.11 Å². The van der Waals surface area contributed by atoms with Crippen molar-refractivity contribution >= 4 is 6.29 Å². The second kappa shape index (κ2) is 2.97. The van der Waals surface area contributed by atoms with Gasteiger partial charge in [-0.05, 0) is 12.8 Å². The van der Waals surface area contributed by atoms with Crippen LogP contribution in [0, 0.1) is 5.92 Å². The molecule has 1 N–H and O–H groups in total. The maximum absolute atomic E-state index is 10.2. The third kappa shape index (κ3) is 1.52. The van der Waals surface area contributed by atoms with E-state index in [9.17, 15) is 4.79 Å². The molecule has 2 atom stereocenters. The Morgan fingerprint density at radius 1 is 1.33 bits per heavy atom. The van der Waals surface area contributed by atoms with E-state index < -0.39 is 0 Å². The molecule has 52 valence electrons. The molecule has 0 aromatic carbocycles. The van der Waals surface area contributed by atoms with Crippen molar-refractivity contribution in [1.29, 1.82) is 0 Å². The zero-order valence-corrected chi connectivity index (χ0v) is 5.42. The Balaban J connectivity index is 2.38. The summed E-state index contributed by atoms with van der Waals surface area (Å²) in [6.07, 6.45) is 4.39. The predicted octanol–water partition coefficient (Wildman–Crippen LogP) is 0.736. The molecular formula is C7H12O2. The largest absolute Gasteiger partial charge is 0.392 e. The van der Waals surface area contributed by atoms with Crippen molar-refractivity contribution in [2.75, 3.05) is 0 Å². The molecular weight excluding hydrogens is 116 g/mol. The van der Waals surface area contributed by atoms with Crippen molar-refractivity contribution in [3.8, 4) is 0 Å². The number of hydrogen-bond donors (Lipinski definition) is 1. The van der Waals surface area contributed by atoms with Gasteiger partial charge in [0, 0.05) is 5.92 Å². The molecule has 2 unspecified atom stereocenters. The molecule has 0 bridgehead atoms. The third-order valence-electron chi connectivity index (χ3n) is 1.96. The standard InChI is InChI=1S/C7H12O2/c8-5-6-3-1-2-4-7(6)9/h5-7,9H,1-4H2. The molecule has 0 aliphatic heterocycles.